The molecule has 1 aliphatic rings. The Morgan fingerprint density at radius 1 is 1.36 bits per heavy atom. The van der Waals surface area contributed by atoms with Crippen LogP contribution in [0.2, 0.25) is 0 Å². The van der Waals surface area contributed by atoms with Crippen molar-refractivity contribution in [1.82, 2.24) is 10.2 Å². The average Bonchev–Trinajstić information content (AvgIpc) is 2.45. The lowest BCUT2D eigenvalue weighted by Gasteiger charge is -2.34. The van der Waals surface area contributed by atoms with Gasteiger partial charge in [-0.15, -0.1) is 0 Å². The first-order valence-electron chi connectivity index (χ1n) is 7.09. The number of hydrogen-bond acceptors (Lipinski definition) is 5. The van der Waals surface area contributed by atoms with Gasteiger partial charge in [0.2, 0.25) is 11.8 Å². The molecule has 1 N–H and O–H groups in total. The standard InChI is InChI=1S/C15H20N4O2S/c1-5-19(6-2)12(20)9-22-14-11(8-17)15(3,4)10(7-16)13(21)18-14/h10H,5-6,9H2,1-4H3,(H,18,21)/t10-/m1/s1. The summed E-state index contributed by atoms with van der Waals surface area (Å²) < 4.78 is 0. The maximum Gasteiger partial charge on any atom is 0.243 e. The lowest BCUT2D eigenvalue weighted by molar-refractivity contribution is -0.128. The molecule has 6 nitrogen and oxygen atoms in total. The molecule has 2 amide bonds. The second-order valence-electron chi connectivity index (χ2n) is 5.44. The van der Waals surface area contributed by atoms with Crippen molar-refractivity contribution in [3.8, 4) is 12.1 Å². The summed E-state index contributed by atoms with van der Waals surface area (Å²) in [5, 5.41) is 21.5. The highest BCUT2D eigenvalue weighted by Crippen LogP contribution is 2.41. The van der Waals surface area contributed by atoms with Crippen molar-refractivity contribution >= 4 is 23.6 Å². The lowest BCUT2D eigenvalue weighted by Crippen LogP contribution is -2.44. The zero-order valence-corrected chi connectivity index (χ0v) is 14.1. The van der Waals surface area contributed by atoms with Crippen LogP contribution in [0.4, 0.5) is 0 Å². The summed E-state index contributed by atoms with van der Waals surface area (Å²) in [7, 11) is 0. The SMILES string of the molecule is CCN(CC)C(=O)CSC1=C(C#N)C(C)(C)[C@H](C#N)C(=O)N1. The molecule has 0 aromatic carbocycles. The van der Waals surface area contributed by atoms with E-state index in [0.717, 1.165) is 11.8 Å². The maximum atomic E-state index is 12.0. The van der Waals surface area contributed by atoms with Crippen LogP contribution < -0.4 is 5.32 Å². The minimum absolute atomic E-state index is 0.0470. The second-order valence-corrected chi connectivity index (χ2v) is 6.43. The molecule has 0 fully saturated rings. The molecule has 1 rings (SSSR count). The van der Waals surface area contributed by atoms with E-state index < -0.39 is 17.2 Å². The van der Waals surface area contributed by atoms with Gasteiger partial charge in [0.05, 0.1) is 28.5 Å². The highest BCUT2D eigenvalue weighted by Gasteiger charge is 2.44. The molecule has 118 valence electrons. The number of amides is 2. The van der Waals surface area contributed by atoms with Crippen molar-refractivity contribution in [3.63, 3.8) is 0 Å². The number of hydrogen-bond donors (Lipinski definition) is 1. The van der Waals surface area contributed by atoms with E-state index in [1.807, 2.05) is 19.9 Å². The highest BCUT2D eigenvalue weighted by atomic mass is 32.2. The molecular weight excluding hydrogens is 300 g/mol. The molecule has 1 atom stereocenters. The van der Waals surface area contributed by atoms with Gasteiger partial charge in [0.25, 0.3) is 0 Å². The predicted octanol–water partition coefficient (Wildman–Crippen LogP) is 1.62. The van der Waals surface area contributed by atoms with Gasteiger partial charge in [0.15, 0.2) is 0 Å². The van der Waals surface area contributed by atoms with Crippen LogP contribution in [0.25, 0.3) is 0 Å². The van der Waals surface area contributed by atoms with E-state index in [-0.39, 0.29) is 11.7 Å². The van der Waals surface area contributed by atoms with Crippen molar-refractivity contribution in [1.29, 1.82) is 10.5 Å². The van der Waals surface area contributed by atoms with Crippen LogP contribution in [0.3, 0.4) is 0 Å². The lowest BCUT2D eigenvalue weighted by atomic mass is 9.72. The molecule has 0 bridgehead atoms. The van der Waals surface area contributed by atoms with E-state index in [9.17, 15) is 14.9 Å². The predicted molar refractivity (Wildman–Crippen MR) is 84.1 cm³/mol. The smallest absolute Gasteiger partial charge is 0.243 e. The fourth-order valence-corrected chi connectivity index (χ4v) is 3.41. The molecule has 0 aromatic heterocycles. The van der Waals surface area contributed by atoms with Crippen LogP contribution in [0.15, 0.2) is 10.6 Å². The number of allylic oxidation sites excluding steroid dienone is 1. The van der Waals surface area contributed by atoms with E-state index in [1.165, 1.54) is 0 Å². The van der Waals surface area contributed by atoms with E-state index in [0.29, 0.717) is 23.7 Å². The average molecular weight is 320 g/mol. The van der Waals surface area contributed by atoms with Gasteiger partial charge in [-0.2, -0.15) is 10.5 Å². The third-order valence-corrected chi connectivity index (χ3v) is 4.78. The van der Waals surface area contributed by atoms with Crippen molar-refractivity contribution in [3.05, 3.63) is 10.6 Å². The van der Waals surface area contributed by atoms with Crippen LogP contribution >= 0.6 is 11.8 Å². The summed E-state index contributed by atoms with van der Waals surface area (Å²) in [4.78, 5) is 25.7. The van der Waals surface area contributed by atoms with Crippen LogP contribution in [-0.2, 0) is 9.59 Å². The molecule has 22 heavy (non-hydrogen) atoms. The van der Waals surface area contributed by atoms with Crippen molar-refractivity contribution < 1.29 is 9.59 Å². The Hall–Kier alpha value is -1.99. The van der Waals surface area contributed by atoms with Crippen molar-refractivity contribution in [2.75, 3.05) is 18.8 Å². The Bertz CT molecular complexity index is 579. The summed E-state index contributed by atoms with van der Waals surface area (Å²) in [6, 6.07) is 4.03. The summed E-state index contributed by atoms with van der Waals surface area (Å²) in [5.41, 5.74) is -0.525. The Labute approximate surface area is 135 Å². The van der Waals surface area contributed by atoms with E-state index >= 15 is 0 Å². The van der Waals surface area contributed by atoms with E-state index in [1.54, 1.807) is 18.7 Å². The Kier molecular flexibility index (Phi) is 6.01. The number of thioether (sulfide) groups is 1. The van der Waals surface area contributed by atoms with Crippen LogP contribution in [0.1, 0.15) is 27.7 Å². The Balaban J connectivity index is 3.00. The first kappa shape index (κ1) is 18.1. The molecule has 1 aliphatic heterocycles. The van der Waals surface area contributed by atoms with Gasteiger partial charge >= 0.3 is 0 Å². The van der Waals surface area contributed by atoms with Crippen molar-refractivity contribution in [2.24, 2.45) is 11.3 Å². The number of nitriles is 2. The summed E-state index contributed by atoms with van der Waals surface area (Å²) in [6.07, 6.45) is 0. The molecule has 7 heteroatoms. The minimum atomic E-state index is -0.912. The van der Waals surface area contributed by atoms with Gasteiger partial charge in [-0.25, -0.2) is 0 Å². The summed E-state index contributed by atoms with van der Waals surface area (Å²) >= 11 is 1.14. The van der Waals surface area contributed by atoms with Crippen LogP contribution in [-0.4, -0.2) is 35.6 Å². The summed E-state index contributed by atoms with van der Waals surface area (Å²) in [6.45, 7) is 8.43. The highest BCUT2D eigenvalue weighted by molar-refractivity contribution is 8.03. The zero-order valence-electron chi connectivity index (χ0n) is 13.3. The maximum absolute atomic E-state index is 12.0. The monoisotopic (exact) mass is 320 g/mol. The third-order valence-electron chi connectivity index (χ3n) is 3.79. The van der Waals surface area contributed by atoms with Crippen LogP contribution in [0.5, 0.6) is 0 Å². The second kappa shape index (κ2) is 7.33. The molecule has 1 heterocycles. The molecule has 0 aliphatic carbocycles. The van der Waals surface area contributed by atoms with Gasteiger partial charge in [-0.1, -0.05) is 25.6 Å². The first-order chi connectivity index (χ1) is 10.3. The molecule has 0 spiro atoms. The van der Waals surface area contributed by atoms with E-state index in [4.69, 9.17) is 5.26 Å². The largest absolute Gasteiger partial charge is 0.343 e. The number of carbonyl (C=O) groups excluding carboxylic acids is 2. The quantitative estimate of drug-likeness (QED) is 0.830. The Morgan fingerprint density at radius 3 is 2.41 bits per heavy atom. The molecular formula is C15H20N4O2S. The van der Waals surface area contributed by atoms with Crippen molar-refractivity contribution in [2.45, 2.75) is 27.7 Å². The zero-order chi connectivity index (χ0) is 16.9. The molecule has 0 saturated carbocycles. The normalized spacial score (nSPS) is 19.9. The number of nitrogens with zero attached hydrogens (tertiary/aromatic N) is 3. The van der Waals surface area contributed by atoms with Gasteiger partial charge in [-0.3, -0.25) is 9.59 Å². The molecule has 0 saturated heterocycles. The topological polar surface area (TPSA) is 97.0 Å². The fraction of sp³-hybridized carbons (Fsp3) is 0.600. The fourth-order valence-electron chi connectivity index (χ4n) is 2.34. The van der Waals surface area contributed by atoms with Gasteiger partial charge in [0, 0.05) is 18.5 Å². The third kappa shape index (κ3) is 3.42. The molecule has 0 unspecified atom stereocenters. The Morgan fingerprint density at radius 2 is 1.95 bits per heavy atom. The van der Waals surface area contributed by atoms with E-state index in [2.05, 4.69) is 11.4 Å². The van der Waals surface area contributed by atoms with Gasteiger partial charge in [-0.05, 0) is 13.8 Å². The minimum Gasteiger partial charge on any atom is -0.343 e. The molecule has 0 radical (unpaired) electrons. The number of carbonyl (C=O) groups is 2. The summed E-state index contributed by atoms with van der Waals surface area (Å²) in [5.74, 6) is -1.24. The van der Waals surface area contributed by atoms with Gasteiger partial charge in [0.1, 0.15) is 5.92 Å². The number of nitrogens with one attached hydrogen (secondary N) is 1. The molecule has 0 aromatic rings. The first-order valence-corrected chi connectivity index (χ1v) is 8.07. The number of rotatable bonds is 5. The van der Waals surface area contributed by atoms with Gasteiger partial charge < -0.3 is 10.2 Å². The van der Waals surface area contributed by atoms with Crippen LogP contribution in [0, 0.1) is 34.0 Å².